The van der Waals surface area contributed by atoms with Crippen LogP contribution in [0.25, 0.3) is 0 Å². The molecule has 0 amide bonds. The Morgan fingerprint density at radius 1 is 1.18 bits per heavy atom. The van der Waals surface area contributed by atoms with Crippen molar-refractivity contribution in [1.82, 2.24) is 5.32 Å². The van der Waals surface area contributed by atoms with E-state index in [1.54, 1.807) is 0 Å². The SMILES string of the molecule is CCNCCCCC(C)CC. The van der Waals surface area contributed by atoms with Crippen LogP contribution >= 0.6 is 0 Å². The summed E-state index contributed by atoms with van der Waals surface area (Å²) in [6.07, 6.45) is 5.48. The lowest BCUT2D eigenvalue weighted by molar-refractivity contribution is 0.478. The zero-order chi connectivity index (χ0) is 8.53. The van der Waals surface area contributed by atoms with Crippen LogP contribution in [0.2, 0.25) is 0 Å². The first-order valence-electron chi connectivity index (χ1n) is 5.02. The van der Waals surface area contributed by atoms with Gasteiger partial charge in [0.15, 0.2) is 0 Å². The van der Waals surface area contributed by atoms with Crippen LogP contribution in [0.1, 0.15) is 46.5 Å². The van der Waals surface area contributed by atoms with Gasteiger partial charge >= 0.3 is 0 Å². The van der Waals surface area contributed by atoms with Crippen LogP contribution in [-0.4, -0.2) is 13.1 Å². The monoisotopic (exact) mass is 157 g/mol. The van der Waals surface area contributed by atoms with Crippen molar-refractivity contribution in [1.29, 1.82) is 0 Å². The van der Waals surface area contributed by atoms with Crippen molar-refractivity contribution in [3.63, 3.8) is 0 Å². The van der Waals surface area contributed by atoms with Crippen LogP contribution < -0.4 is 5.32 Å². The Balaban J connectivity index is 2.89. The van der Waals surface area contributed by atoms with Gasteiger partial charge in [-0.2, -0.15) is 0 Å². The minimum atomic E-state index is 0.927. The first-order chi connectivity index (χ1) is 5.31. The number of rotatable bonds is 7. The maximum absolute atomic E-state index is 3.34. The Kier molecular flexibility index (Phi) is 8.03. The zero-order valence-corrected chi connectivity index (χ0v) is 8.32. The molecule has 0 fully saturated rings. The van der Waals surface area contributed by atoms with Gasteiger partial charge in [-0.05, 0) is 25.4 Å². The van der Waals surface area contributed by atoms with Crippen molar-refractivity contribution in [2.75, 3.05) is 13.1 Å². The van der Waals surface area contributed by atoms with Gasteiger partial charge in [-0.15, -0.1) is 0 Å². The second kappa shape index (κ2) is 8.06. The first kappa shape index (κ1) is 11.0. The van der Waals surface area contributed by atoms with Crippen molar-refractivity contribution in [2.45, 2.75) is 46.5 Å². The first-order valence-corrected chi connectivity index (χ1v) is 5.02. The summed E-state index contributed by atoms with van der Waals surface area (Å²) in [6.45, 7) is 9.09. The van der Waals surface area contributed by atoms with Gasteiger partial charge in [0, 0.05) is 0 Å². The maximum atomic E-state index is 3.34. The highest BCUT2D eigenvalue weighted by molar-refractivity contribution is 4.52. The van der Waals surface area contributed by atoms with Gasteiger partial charge < -0.3 is 5.32 Å². The van der Waals surface area contributed by atoms with Gasteiger partial charge in [0.2, 0.25) is 0 Å². The number of unbranched alkanes of at least 4 members (excludes halogenated alkanes) is 1. The molecule has 0 saturated heterocycles. The van der Waals surface area contributed by atoms with Crippen molar-refractivity contribution in [2.24, 2.45) is 5.92 Å². The van der Waals surface area contributed by atoms with Crippen molar-refractivity contribution >= 4 is 0 Å². The Hall–Kier alpha value is -0.0400. The van der Waals surface area contributed by atoms with E-state index in [9.17, 15) is 0 Å². The lowest BCUT2D eigenvalue weighted by Gasteiger charge is -2.07. The third-order valence-electron chi connectivity index (χ3n) is 2.25. The molecule has 1 unspecified atom stereocenters. The summed E-state index contributed by atoms with van der Waals surface area (Å²) in [5.74, 6) is 0.927. The molecule has 0 spiro atoms. The Labute approximate surface area is 71.6 Å². The molecule has 0 aromatic heterocycles. The summed E-state index contributed by atoms with van der Waals surface area (Å²) in [7, 11) is 0. The molecule has 0 saturated carbocycles. The third kappa shape index (κ3) is 7.86. The third-order valence-corrected chi connectivity index (χ3v) is 2.25. The van der Waals surface area contributed by atoms with E-state index in [-0.39, 0.29) is 0 Å². The van der Waals surface area contributed by atoms with Crippen molar-refractivity contribution in [3.8, 4) is 0 Å². The molecule has 0 rings (SSSR count). The number of nitrogens with one attached hydrogen (secondary N) is 1. The van der Waals surface area contributed by atoms with E-state index in [0.717, 1.165) is 12.5 Å². The predicted octanol–water partition coefficient (Wildman–Crippen LogP) is 2.81. The minimum absolute atomic E-state index is 0.927. The summed E-state index contributed by atoms with van der Waals surface area (Å²) >= 11 is 0. The van der Waals surface area contributed by atoms with Crippen molar-refractivity contribution in [3.05, 3.63) is 0 Å². The molecule has 68 valence electrons. The van der Waals surface area contributed by atoms with Gasteiger partial charge in [-0.1, -0.05) is 40.0 Å². The fourth-order valence-electron chi connectivity index (χ4n) is 1.12. The molecule has 1 N–H and O–H groups in total. The Morgan fingerprint density at radius 2 is 1.91 bits per heavy atom. The van der Waals surface area contributed by atoms with E-state index in [0.29, 0.717) is 0 Å². The highest BCUT2D eigenvalue weighted by atomic mass is 14.8. The summed E-state index contributed by atoms with van der Waals surface area (Å²) in [5.41, 5.74) is 0. The summed E-state index contributed by atoms with van der Waals surface area (Å²) in [6, 6.07) is 0. The molecular formula is C10H23N. The zero-order valence-electron chi connectivity index (χ0n) is 8.32. The summed E-state index contributed by atoms with van der Waals surface area (Å²) < 4.78 is 0. The smallest absolute Gasteiger partial charge is 0.00490 e. The topological polar surface area (TPSA) is 12.0 Å². The second-order valence-corrected chi connectivity index (χ2v) is 3.36. The van der Waals surface area contributed by atoms with E-state index in [1.807, 2.05) is 0 Å². The van der Waals surface area contributed by atoms with Crippen molar-refractivity contribution < 1.29 is 0 Å². The van der Waals surface area contributed by atoms with Gasteiger partial charge in [-0.25, -0.2) is 0 Å². The fourth-order valence-corrected chi connectivity index (χ4v) is 1.12. The van der Waals surface area contributed by atoms with E-state index >= 15 is 0 Å². The van der Waals surface area contributed by atoms with E-state index in [4.69, 9.17) is 0 Å². The molecule has 0 radical (unpaired) electrons. The van der Waals surface area contributed by atoms with Gasteiger partial charge in [-0.3, -0.25) is 0 Å². The molecule has 11 heavy (non-hydrogen) atoms. The average Bonchev–Trinajstić information content (AvgIpc) is 2.04. The van der Waals surface area contributed by atoms with Gasteiger partial charge in [0.25, 0.3) is 0 Å². The largest absolute Gasteiger partial charge is 0.317 e. The highest BCUT2D eigenvalue weighted by Gasteiger charge is 1.96. The summed E-state index contributed by atoms with van der Waals surface area (Å²) in [4.78, 5) is 0. The molecule has 0 bridgehead atoms. The van der Waals surface area contributed by atoms with Crippen LogP contribution in [0.15, 0.2) is 0 Å². The molecule has 0 aliphatic heterocycles. The van der Waals surface area contributed by atoms with E-state index in [2.05, 4.69) is 26.1 Å². The normalized spacial score (nSPS) is 13.4. The predicted molar refractivity (Wildman–Crippen MR) is 51.8 cm³/mol. The molecule has 1 heteroatoms. The number of hydrogen-bond acceptors (Lipinski definition) is 1. The lowest BCUT2D eigenvalue weighted by Crippen LogP contribution is -2.13. The minimum Gasteiger partial charge on any atom is -0.317 e. The lowest BCUT2D eigenvalue weighted by atomic mass is 10.0. The average molecular weight is 157 g/mol. The van der Waals surface area contributed by atoms with Gasteiger partial charge in [0.1, 0.15) is 0 Å². The second-order valence-electron chi connectivity index (χ2n) is 3.36. The molecule has 0 aromatic rings. The van der Waals surface area contributed by atoms with E-state index < -0.39 is 0 Å². The molecule has 1 nitrogen and oxygen atoms in total. The van der Waals surface area contributed by atoms with Gasteiger partial charge in [0.05, 0.1) is 0 Å². The number of hydrogen-bond donors (Lipinski definition) is 1. The molecule has 0 aliphatic rings. The standard InChI is InChI=1S/C10H23N/c1-4-10(3)8-6-7-9-11-5-2/h10-11H,4-9H2,1-3H3. The van der Waals surface area contributed by atoms with Crippen LogP contribution in [0.4, 0.5) is 0 Å². The fraction of sp³-hybridized carbons (Fsp3) is 1.00. The quantitative estimate of drug-likeness (QED) is 0.560. The van der Waals surface area contributed by atoms with Crippen LogP contribution in [0, 0.1) is 5.92 Å². The Bertz CT molecular complexity index is 71.3. The van der Waals surface area contributed by atoms with Crippen LogP contribution in [0.3, 0.4) is 0 Å². The molecular weight excluding hydrogens is 134 g/mol. The maximum Gasteiger partial charge on any atom is -0.00490 e. The van der Waals surface area contributed by atoms with Crippen LogP contribution in [-0.2, 0) is 0 Å². The Morgan fingerprint density at radius 3 is 2.45 bits per heavy atom. The van der Waals surface area contributed by atoms with E-state index in [1.165, 1.54) is 32.2 Å². The van der Waals surface area contributed by atoms with Crippen LogP contribution in [0.5, 0.6) is 0 Å². The molecule has 0 aliphatic carbocycles. The molecule has 0 aromatic carbocycles. The molecule has 1 atom stereocenters. The highest BCUT2D eigenvalue weighted by Crippen LogP contribution is 2.10. The molecule has 0 heterocycles. The summed E-state index contributed by atoms with van der Waals surface area (Å²) in [5, 5.41) is 3.34.